The normalized spacial score (nSPS) is 10.2. The van der Waals surface area contributed by atoms with Crippen LogP contribution in [0.3, 0.4) is 0 Å². The van der Waals surface area contributed by atoms with Crippen LogP contribution in [0, 0.1) is 18.6 Å². The van der Waals surface area contributed by atoms with Crippen LogP contribution in [0.15, 0.2) is 12.1 Å². The Labute approximate surface area is 72.4 Å². The van der Waals surface area contributed by atoms with Crippen molar-refractivity contribution in [1.29, 1.82) is 0 Å². The molecule has 0 heterocycles. The van der Waals surface area contributed by atoms with Gasteiger partial charge in [0.2, 0.25) is 0 Å². The van der Waals surface area contributed by atoms with Gasteiger partial charge in [0.1, 0.15) is 11.6 Å². The molecule has 0 aromatic heterocycles. The first-order valence-electron chi connectivity index (χ1n) is 3.15. The summed E-state index contributed by atoms with van der Waals surface area (Å²) in [5.74, 6) is -1.01. The Morgan fingerprint density at radius 1 is 1.36 bits per heavy atom. The summed E-state index contributed by atoms with van der Waals surface area (Å²) in [4.78, 5) is 0. The van der Waals surface area contributed by atoms with Crippen molar-refractivity contribution in [1.82, 2.24) is 0 Å². The van der Waals surface area contributed by atoms with Crippen molar-refractivity contribution in [2.24, 2.45) is 0 Å². The van der Waals surface area contributed by atoms with Crippen LogP contribution in [-0.4, -0.2) is 0 Å². The molecule has 3 heteroatoms. The third-order valence-corrected chi connectivity index (χ3v) is 2.16. The van der Waals surface area contributed by atoms with Crippen LogP contribution in [-0.2, 0) is 5.33 Å². The average molecular weight is 221 g/mol. The van der Waals surface area contributed by atoms with Gasteiger partial charge in [-0.2, -0.15) is 0 Å². The molecule has 0 N–H and O–H groups in total. The molecule has 0 unspecified atom stereocenters. The lowest BCUT2D eigenvalue weighted by Crippen LogP contribution is -1.91. The van der Waals surface area contributed by atoms with Crippen molar-refractivity contribution in [3.05, 3.63) is 34.9 Å². The maximum atomic E-state index is 12.8. The van der Waals surface area contributed by atoms with Crippen LogP contribution in [0.25, 0.3) is 0 Å². The highest BCUT2D eigenvalue weighted by atomic mass is 79.9. The number of alkyl halides is 1. The first-order chi connectivity index (χ1) is 5.15. The minimum Gasteiger partial charge on any atom is -0.207 e. The van der Waals surface area contributed by atoms with Crippen LogP contribution in [0.5, 0.6) is 0 Å². The fourth-order valence-corrected chi connectivity index (χ4v) is 1.42. The Bertz CT molecular complexity index is 271. The monoisotopic (exact) mass is 220 g/mol. The van der Waals surface area contributed by atoms with Gasteiger partial charge in [0.05, 0.1) is 0 Å². The Hall–Kier alpha value is -0.440. The van der Waals surface area contributed by atoms with E-state index in [1.54, 1.807) is 6.92 Å². The van der Waals surface area contributed by atoms with E-state index in [4.69, 9.17) is 0 Å². The highest BCUT2D eigenvalue weighted by molar-refractivity contribution is 9.08. The number of rotatable bonds is 1. The molecule has 0 spiro atoms. The summed E-state index contributed by atoms with van der Waals surface area (Å²) < 4.78 is 25.3. The van der Waals surface area contributed by atoms with Gasteiger partial charge in [-0.05, 0) is 24.1 Å². The summed E-state index contributed by atoms with van der Waals surface area (Å²) in [5.41, 5.74) is 1.16. The van der Waals surface area contributed by atoms with Crippen LogP contribution in [0.4, 0.5) is 8.78 Å². The second kappa shape index (κ2) is 3.30. The molecule has 0 amide bonds. The Morgan fingerprint density at radius 3 is 2.55 bits per heavy atom. The SMILES string of the molecule is Cc1c(F)cc(F)cc1CBr. The van der Waals surface area contributed by atoms with E-state index in [0.29, 0.717) is 16.5 Å². The molecular weight excluding hydrogens is 214 g/mol. The third kappa shape index (κ3) is 1.77. The molecule has 0 radical (unpaired) electrons. The predicted octanol–water partition coefficient (Wildman–Crippen LogP) is 3.17. The van der Waals surface area contributed by atoms with Crippen molar-refractivity contribution >= 4 is 15.9 Å². The summed E-state index contributed by atoms with van der Waals surface area (Å²) in [7, 11) is 0. The van der Waals surface area contributed by atoms with Crippen molar-refractivity contribution in [2.75, 3.05) is 0 Å². The van der Waals surface area contributed by atoms with Gasteiger partial charge in [0, 0.05) is 11.4 Å². The Kier molecular flexibility index (Phi) is 2.60. The van der Waals surface area contributed by atoms with Crippen LogP contribution >= 0.6 is 15.9 Å². The lowest BCUT2D eigenvalue weighted by molar-refractivity contribution is 0.575. The standard InChI is InChI=1S/C8H7BrF2/c1-5-6(4-9)2-7(10)3-8(5)11/h2-3H,4H2,1H3. The second-order valence-corrected chi connectivity index (χ2v) is 2.87. The molecule has 0 aliphatic carbocycles. The minimum atomic E-state index is -0.525. The largest absolute Gasteiger partial charge is 0.207 e. The van der Waals surface area contributed by atoms with E-state index >= 15 is 0 Å². The van der Waals surface area contributed by atoms with Crippen LogP contribution in [0.1, 0.15) is 11.1 Å². The van der Waals surface area contributed by atoms with Crippen LogP contribution < -0.4 is 0 Å². The van der Waals surface area contributed by atoms with Gasteiger partial charge in [0.15, 0.2) is 0 Å². The van der Waals surface area contributed by atoms with E-state index in [1.165, 1.54) is 6.07 Å². The highest BCUT2D eigenvalue weighted by Gasteiger charge is 2.04. The van der Waals surface area contributed by atoms with Crippen molar-refractivity contribution in [3.63, 3.8) is 0 Å². The average Bonchev–Trinajstić information content (AvgIpc) is 1.96. The summed E-state index contributed by atoms with van der Waals surface area (Å²) in [6.07, 6.45) is 0. The van der Waals surface area contributed by atoms with E-state index in [9.17, 15) is 8.78 Å². The van der Waals surface area contributed by atoms with Gasteiger partial charge in [-0.3, -0.25) is 0 Å². The third-order valence-electron chi connectivity index (χ3n) is 1.56. The Balaban J connectivity index is 3.24. The van der Waals surface area contributed by atoms with E-state index in [2.05, 4.69) is 15.9 Å². The van der Waals surface area contributed by atoms with Crippen molar-refractivity contribution in [2.45, 2.75) is 12.3 Å². The lowest BCUT2D eigenvalue weighted by Gasteiger charge is -2.02. The second-order valence-electron chi connectivity index (χ2n) is 2.31. The van der Waals surface area contributed by atoms with Gasteiger partial charge >= 0.3 is 0 Å². The number of halogens is 3. The number of hydrogen-bond acceptors (Lipinski definition) is 0. The van der Waals surface area contributed by atoms with Crippen LogP contribution in [0.2, 0.25) is 0 Å². The lowest BCUT2D eigenvalue weighted by atomic mass is 10.1. The summed E-state index contributed by atoms with van der Waals surface area (Å²) in [5, 5.41) is 0.480. The molecule has 60 valence electrons. The van der Waals surface area contributed by atoms with Gasteiger partial charge in [-0.1, -0.05) is 15.9 Å². The summed E-state index contributed by atoms with van der Waals surface area (Å²) in [6.45, 7) is 1.63. The summed E-state index contributed by atoms with van der Waals surface area (Å²) in [6, 6.07) is 2.22. The van der Waals surface area contributed by atoms with E-state index in [0.717, 1.165) is 6.07 Å². The molecule has 1 rings (SSSR count). The van der Waals surface area contributed by atoms with Crippen molar-refractivity contribution in [3.8, 4) is 0 Å². The molecule has 0 aliphatic heterocycles. The molecule has 11 heavy (non-hydrogen) atoms. The topological polar surface area (TPSA) is 0 Å². The molecule has 1 aromatic rings. The maximum absolute atomic E-state index is 12.8. The molecule has 0 nitrogen and oxygen atoms in total. The quantitative estimate of drug-likeness (QED) is 0.639. The van der Waals surface area contributed by atoms with Crippen molar-refractivity contribution < 1.29 is 8.78 Å². The van der Waals surface area contributed by atoms with E-state index < -0.39 is 11.6 Å². The first-order valence-corrected chi connectivity index (χ1v) is 4.27. The molecule has 0 aliphatic rings. The highest BCUT2D eigenvalue weighted by Crippen LogP contribution is 2.16. The maximum Gasteiger partial charge on any atom is 0.129 e. The smallest absolute Gasteiger partial charge is 0.129 e. The number of hydrogen-bond donors (Lipinski definition) is 0. The van der Waals surface area contributed by atoms with Gasteiger partial charge in [0.25, 0.3) is 0 Å². The molecule has 1 aromatic carbocycles. The molecular formula is C8H7BrF2. The summed E-state index contributed by atoms with van der Waals surface area (Å²) >= 11 is 3.14. The Morgan fingerprint density at radius 2 is 2.00 bits per heavy atom. The zero-order valence-corrected chi connectivity index (χ0v) is 7.58. The van der Waals surface area contributed by atoms with Gasteiger partial charge in [-0.25, -0.2) is 8.78 Å². The molecule has 0 fully saturated rings. The molecule has 0 bridgehead atoms. The minimum absolute atomic E-state index is 0.480. The van der Waals surface area contributed by atoms with E-state index in [-0.39, 0.29) is 0 Å². The zero-order valence-electron chi connectivity index (χ0n) is 6.00. The number of benzene rings is 1. The first kappa shape index (κ1) is 8.65. The fourth-order valence-electron chi connectivity index (χ4n) is 0.838. The molecule has 0 saturated carbocycles. The van der Waals surface area contributed by atoms with Gasteiger partial charge in [-0.15, -0.1) is 0 Å². The predicted molar refractivity (Wildman–Crippen MR) is 43.7 cm³/mol. The fraction of sp³-hybridized carbons (Fsp3) is 0.250. The molecule has 0 saturated heterocycles. The zero-order chi connectivity index (χ0) is 8.43. The van der Waals surface area contributed by atoms with Gasteiger partial charge < -0.3 is 0 Å². The molecule has 0 atom stereocenters. The van der Waals surface area contributed by atoms with E-state index in [1.807, 2.05) is 0 Å².